The fourth-order valence-electron chi connectivity index (χ4n) is 2.05. The number of carbonyl (C=O) groups is 2. The SMILES string of the molecule is CCOc1ccc(C(=O)NNC(=O)c2cccc(N(C)C)c2)cc1. The molecule has 6 heteroatoms. The summed E-state index contributed by atoms with van der Waals surface area (Å²) in [6.07, 6.45) is 0. The summed E-state index contributed by atoms with van der Waals surface area (Å²) in [7, 11) is 3.79. The van der Waals surface area contributed by atoms with Crippen molar-refractivity contribution in [2.45, 2.75) is 6.92 Å². The van der Waals surface area contributed by atoms with E-state index in [-0.39, 0.29) is 5.91 Å². The summed E-state index contributed by atoms with van der Waals surface area (Å²) in [5, 5.41) is 0. The zero-order valence-electron chi connectivity index (χ0n) is 14.0. The third-order valence-electron chi connectivity index (χ3n) is 3.34. The van der Waals surface area contributed by atoms with Crippen LogP contribution in [0.15, 0.2) is 48.5 Å². The Kier molecular flexibility index (Phi) is 5.78. The van der Waals surface area contributed by atoms with Crippen LogP contribution in [-0.2, 0) is 0 Å². The van der Waals surface area contributed by atoms with Gasteiger partial charge in [-0.3, -0.25) is 20.4 Å². The lowest BCUT2D eigenvalue weighted by Crippen LogP contribution is -2.41. The van der Waals surface area contributed by atoms with Crippen LogP contribution >= 0.6 is 0 Å². The lowest BCUT2D eigenvalue weighted by molar-refractivity contribution is 0.0846. The van der Waals surface area contributed by atoms with Crippen LogP contribution in [0, 0.1) is 0 Å². The summed E-state index contributed by atoms with van der Waals surface area (Å²) in [4.78, 5) is 26.1. The molecule has 0 aliphatic heterocycles. The summed E-state index contributed by atoms with van der Waals surface area (Å²) in [5.41, 5.74) is 6.62. The minimum absolute atomic E-state index is 0.377. The van der Waals surface area contributed by atoms with Crippen LogP contribution < -0.4 is 20.5 Å². The fourth-order valence-corrected chi connectivity index (χ4v) is 2.05. The van der Waals surface area contributed by atoms with Gasteiger partial charge in [-0.15, -0.1) is 0 Å². The van der Waals surface area contributed by atoms with Crippen LogP contribution in [0.5, 0.6) is 5.75 Å². The van der Waals surface area contributed by atoms with Gasteiger partial charge in [0.1, 0.15) is 5.75 Å². The van der Waals surface area contributed by atoms with Crippen LogP contribution in [0.2, 0.25) is 0 Å². The van der Waals surface area contributed by atoms with Gasteiger partial charge < -0.3 is 9.64 Å². The zero-order chi connectivity index (χ0) is 17.5. The number of ether oxygens (including phenoxy) is 1. The maximum Gasteiger partial charge on any atom is 0.269 e. The average Bonchev–Trinajstić information content (AvgIpc) is 2.60. The quantitative estimate of drug-likeness (QED) is 0.826. The summed E-state index contributed by atoms with van der Waals surface area (Å²) in [6, 6.07) is 13.8. The smallest absolute Gasteiger partial charge is 0.269 e. The van der Waals surface area contributed by atoms with Gasteiger partial charge in [0.05, 0.1) is 6.61 Å². The Morgan fingerprint density at radius 1 is 0.958 bits per heavy atom. The lowest BCUT2D eigenvalue weighted by atomic mass is 10.2. The second kappa shape index (κ2) is 8.01. The monoisotopic (exact) mass is 327 g/mol. The van der Waals surface area contributed by atoms with Crippen LogP contribution in [0.25, 0.3) is 0 Å². The minimum Gasteiger partial charge on any atom is -0.494 e. The average molecular weight is 327 g/mol. The number of hydrogen-bond donors (Lipinski definition) is 2. The van der Waals surface area contributed by atoms with Gasteiger partial charge in [0, 0.05) is 30.9 Å². The molecule has 0 fully saturated rings. The highest BCUT2D eigenvalue weighted by Crippen LogP contribution is 2.13. The molecular weight excluding hydrogens is 306 g/mol. The normalized spacial score (nSPS) is 9.96. The van der Waals surface area contributed by atoms with E-state index in [4.69, 9.17) is 4.74 Å². The molecule has 126 valence electrons. The van der Waals surface area contributed by atoms with Crippen LogP contribution in [0.4, 0.5) is 5.69 Å². The van der Waals surface area contributed by atoms with Gasteiger partial charge in [-0.25, -0.2) is 0 Å². The molecule has 0 aromatic heterocycles. The molecule has 2 aromatic rings. The third-order valence-corrected chi connectivity index (χ3v) is 3.34. The van der Waals surface area contributed by atoms with Crippen molar-refractivity contribution in [2.75, 3.05) is 25.6 Å². The van der Waals surface area contributed by atoms with Gasteiger partial charge in [0.15, 0.2) is 0 Å². The number of amides is 2. The number of benzene rings is 2. The van der Waals surface area contributed by atoms with Crippen molar-refractivity contribution >= 4 is 17.5 Å². The fraction of sp³-hybridized carbons (Fsp3) is 0.222. The van der Waals surface area contributed by atoms with E-state index in [1.165, 1.54) is 0 Å². The third kappa shape index (κ3) is 4.49. The van der Waals surface area contributed by atoms with E-state index < -0.39 is 5.91 Å². The van der Waals surface area contributed by atoms with E-state index in [1.54, 1.807) is 42.5 Å². The highest BCUT2D eigenvalue weighted by molar-refractivity contribution is 5.99. The number of anilines is 1. The Morgan fingerprint density at radius 3 is 2.17 bits per heavy atom. The van der Waals surface area contributed by atoms with Gasteiger partial charge in [-0.05, 0) is 49.4 Å². The van der Waals surface area contributed by atoms with Crippen molar-refractivity contribution in [3.8, 4) is 5.75 Å². The van der Waals surface area contributed by atoms with Crippen LogP contribution in [-0.4, -0.2) is 32.5 Å². The van der Waals surface area contributed by atoms with Crippen molar-refractivity contribution in [3.05, 3.63) is 59.7 Å². The Morgan fingerprint density at radius 2 is 1.58 bits per heavy atom. The first kappa shape index (κ1) is 17.3. The number of carbonyl (C=O) groups excluding carboxylic acids is 2. The zero-order valence-corrected chi connectivity index (χ0v) is 14.0. The number of nitrogens with one attached hydrogen (secondary N) is 2. The van der Waals surface area contributed by atoms with Crippen molar-refractivity contribution in [1.29, 1.82) is 0 Å². The van der Waals surface area contributed by atoms with Crippen LogP contribution in [0.1, 0.15) is 27.6 Å². The van der Waals surface area contributed by atoms with E-state index in [0.717, 1.165) is 5.69 Å². The molecule has 2 aromatic carbocycles. The summed E-state index contributed by atoms with van der Waals surface area (Å²) in [6.45, 7) is 2.45. The molecule has 0 bridgehead atoms. The number of rotatable bonds is 5. The largest absolute Gasteiger partial charge is 0.494 e. The molecule has 2 N–H and O–H groups in total. The molecule has 2 rings (SSSR count). The number of hydrazine groups is 1. The van der Waals surface area contributed by atoms with Crippen LogP contribution in [0.3, 0.4) is 0 Å². The van der Waals surface area contributed by atoms with E-state index in [0.29, 0.717) is 23.5 Å². The molecular formula is C18H21N3O3. The lowest BCUT2D eigenvalue weighted by Gasteiger charge is -2.13. The Bertz CT molecular complexity index is 712. The Balaban J connectivity index is 1.95. The summed E-state index contributed by atoms with van der Waals surface area (Å²) in [5.74, 6) is -0.0771. The summed E-state index contributed by atoms with van der Waals surface area (Å²) >= 11 is 0. The van der Waals surface area contributed by atoms with E-state index in [9.17, 15) is 9.59 Å². The highest BCUT2D eigenvalue weighted by Gasteiger charge is 2.10. The minimum atomic E-state index is -0.393. The molecule has 6 nitrogen and oxygen atoms in total. The molecule has 0 atom stereocenters. The number of nitrogens with zero attached hydrogens (tertiary/aromatic N) is 1. The summed E-state index contributed by atoms with van der Waals surface area (Å²) < 4.78 is 5.32. The van der Waals surface area contributed by atoms with E-state index in [1.807, 2.05) is 32.0 Å². The molecule has 24 heavy (non-hydrogen) atoms. The molecule has 0 saturated heterocycles. The van der Waals surface area contributed by atoms with Gasteiger partial charge in [0.2, 0.25) is 0 Å². The molecule has 0 aliphatic rings. The second-order valence-corrected chi connectivity index (χ2v) is 5.31. The maximum absolute atomic E-state index is 12.1. The van der Waals surface area contributed by atoms with Gasteiger partial charge >= 0.3 is 0 Å². The Hall–Kier alpha value is -3.02. The first-order valence-corrected chi connectivity index (χ1v) is 7.62. The van der Waals surface area contributed by atoms with E-state index in [2.05, 4.69) is 10.9 Å². The molecule has 0 radical (unpaired) electrons. The van der Waals surface area contributed by atoms with Crippen molar-refractivity contribution in [1.82, 2.24) is 10.9 Å². The van der Waals surface area contributed by atoms with Crippen molar-refractivity contribution in [3.63, 3.8) is 0 Å². The van der Waals surface area contributed by atoms with Crippen molar-refractivity contribution in [2.24, 2.45) is 0 Å². The first-order valence-electron chi connectivity index (χ1n) is 7.62. The topological polar surface area (TPSA) is 70.7 Å². The molecule has 0 heterocycles. The maximum atomic E-state index is 12.1. The molecule has 0 saturated carbocycles. The van der Waals surface area contributed by atoms with Gasteiger partial charge in [-0.2, -0.15) is 0 Å². The predicted molar refractivity (Wildman–Crippen MR) is 93.3 cm³/mol. The Labute approximate surface area is 141 Å². The second-order valence-electron chi connectivity index (χ2n) is 5.31. The molecule has 0 aliphatic carbocycles. The first-order chi connectivity index (χ1) is 11.5. The predicted octanol–water partition coefficient (Wildman–Crippen LogP) is 2.23. The standard InChI is InChI=1S/C18H21N3O3/c1-4-24-16-10-8-13(9-11-16)17(22)19-20-18(23)14-6-5-7-15(12-14)21(2)3/h5-12H,4H2,1-3H3,(H,19,22)(H,20,23). The van der Waals surface area contributed by atoms with E-state index >= 15 is 0 Å². The number of hydrogen-bond acceptors (Lipinski definition) is 4. The highest BCUT2D eigenvalue weighted by atomic mass is 16.5. The molecule has 2 amide bonds. The molecule has 0 unspecified atom stereocenters. The van der Waals surface area contributed by atoms with Gasteiger partial charge in [-0.1, -0.05) is 6.07 Å². The van der Waals surface area contributed by atoms with Gasteiger partial charge in [0.25, 0.3) is 11.8 Å². The van der Waals surface area contributed by atoms with Crippen molar-refractivity contribution < 1.29 is 14.3 Å². The molecule has 0 spiro atoms.